The van der Waals surface area contributed by atoms with Crippen molar-refractivity contribution in [3.63, 3.8) is 0 Å². The number of quaternary nitrogens is 1. The molecule has 0 spiro atoms. The van der Waals surface area contributed by atoms with Crippen LogP contribution in [-0.2, 0) is 11.3 Å². The normalized spacial score (nSPS) is 15.4. The Balaban J connectivity index is 1.86. The molecule has 5 nitrogen and oxygen atoms in total. The smallest absolute Gasteiger partial charge is 0.200 e. The van der Waals surface area contributed by atoms with E-state index in [1.54, 1.807) is 19.1 Å². The molecular formula is C21H22NO4+. The van der Waals surface area contributed by atoms with Crippen LogP contribution in [0.3, 0.4) is 0 Å². The van der Waals surface area contributed by atoms with Crippen LogP contribution in [0.5, 0.6) is 5.75 Å². The molecule has 2 N–H and O–H groups in total. The summed E-state index contributed by atoms with van der Waals surface area (Å²) in [6.45, 7) is 5.59. The first kappa shape index (κ1) is 16.8. The largest absolute Gasteiger partial charge is 0.507 e. The summed E-state index contributed by atoms with van der Waals surface area (Å²) < 4.78 is 11.5. The van der Waals surface area contributed by atoms with Crippen LogP contribution in [0.1, 0.15) is 11.3 Å². The number of morpholine rings is 1. The Morgan fingerprint density at radius 3 is 2.54 bits per heavy atom. The first-order valence-electron chi connectivity index (χ1n) is 8.90. The van der Waals surface area contributed by atoms with Crippen molar-refractivity contribution in [3.05, 3.63) is 64.0 Å². The minimum Gasteiger partial charge on any atom is -0.507 e. The van der Waals surface area contributed by atoms with Crippen LogP contribution in [0, 0.1) is 6.92 Å². The van der Waals surface area contributed by atoms with E-state index in [4.69, 9.17) is 9.15 Å². The van der Waals surface area contributed by atoms with Gasteiger partial charge in [0, 0.05) is 0 Å². The van der Waals surface area contributed by atoms with Crippen molar-refractivity contribution >= 4 is 11.0 Å². The molecular weight excluding hydrogens is 330 g/mol. The third-order valence-corrected chi connectivity index (χ3v) is 5.00. The molecule has 1 aliphatic rings. The van der Waals surface area contributed by atoms with Gasteiger partial charge in [0.25, 0.3) is 0 Å². The lowest BCUT2D eigenvalue weighted by Crippen LogP contribution is -3.12. The number of hydrogen-bond acceptors (Lipinski definition) is 4. The zero-order valence-electron chi connectivity index (χ0n) is 14.7. The van der Waals surface area contributed by atoms with Crippen molar-refractivity contribution in [2.75, 3.05) is 26.3 Å². The Hall–Kier alpha value is -2.63. The van der Waals surface area contributed by atoms with Crippen LogP contribution in [-0.4, -0.2) is 31.4 Å². The van der Waals surface area contributed by atoms with E-state index in [-0.39, 0.29) is 11.2 Å². The number of ether oxygens (including phenoxy) is 1. The number of phenolic OH excluding ortho intramolecular Hbond substituents is 1. The van der Waals surface area contributed by atoms with Gasteiger partial charge in [0.15, 0.2) is 5.58 Å². The van der Waals surface area contributed by atoms with Gasteiger partial charge in [-0.1, -0.05) is 30.3 Å². The highest BCUT2D eigenvalue weighted by Crippen LogP contribution is 2.29. The number of benzene rings is 2. The molecule has 134 valence electrons. The van der Waals surface area contributed by atoms with Crippen molar-refractivity contribution in [1.82, 2.24) is 0 Å². The van der Waals surface area contributed by atoms with Gasteiger partial charge in [-0.05, 0) is 24.6 Å². The molecule has 4 rings (SSSR count). The number of phenols is 1. The average molecular weight is 352 g/mol. The number of rotatable bonds is 3. The third kappa shape index (κ3) is 3.00. The molecule has 0 aliphatic carbocycles. The number of aromatic hydroxyl groups is 1. The minimum atomic E-state index is -0.0619. The summed E-state index contributed by atoms with van der Waals surface area (Å²) >= 11 is 0. The Bertz CT molecular complexity index is 988. The summed E-state index contributed by atoms with van der Waals surface area (Å²) in [6, 6.07) is 12.8. The van der Waals surface area contributed by atoms with Crippen molar-refractivity contribution < 1.29 is 19.2 Å². The summed E-state index contributed by atoms with van der Waals surface area (Å²) in [5.74, 6) is 0.740. The molecule has 0 amide bonds. The van der Waals surface area contributed by atoms with Crippen LogP contribution < -0.4 is 10.3 Å². The highest BCUT2D eigenvalue weighted by atomic mass is 16.5. The van der Waals surface area contributed by atoms with Crippen LogP contribution in [0.2, 0.25) is 0 Å². The SMILES string of the molecule is Cc1oc2c(C[NH+]3CCOCC3)c(O)ccc2c(=O)c1-c1ccccc1. The molecule has 1 saturated heterocycles. The van der Waals surface area contributed by atoms with Gasteiger partial charge in [-0.3, -0.25) is 4.79 Å². The van der Waals surface area contributed by atoms with Crippen LogP contribution in [0.4, 0.5) is 0 Å². The van der Waals surface area contributed by atoms with Gasteiger partial charge in [-0.25, -0.2) is 0 Å². The predicted octanol–water partition coefficient (Wildman–Crippen LogP) is 1.89. The lowest BCUT2D eigenvalue weighted by Gasteiger charge is -2.24. The van der Waals surface area contributed by atoms with E-state index in [2.05, 4.69) is 0 Å². The summed E-state index contributed by atoms with van der Waals surface area (Å²) in [6.07, 6.45) is 0. The Kier molecular flexibility index (Phi) is 4.49. The van der Waals surface area contributed by atoms with E-state index < -0.39 is 0 Å². The molecule has 1 fully saturated rings. The fourth-order valence-electron chi connectivity index (χ4n) is 3.61. The molecule has 5 heteroatoms. The van der Waals surface area contributed by atoms with Crippen LogP contribution in [0.25, 0.3) is 22.1 Å². The van der Waals surface area contributed by atoms with E-state index in [1.165, 1.54) is 4.90 Å². The first-order valence-corrected chi connectivity index (χ1v) is 8.90. The molecule has 3 aromatic rings. The second-order valence-corrected chi connectivity index (χ2v) is 6.71. The van der Waals surface area contributed by atoms with E-state index in [1.807, 2.05) is 30.3 Å². The Morgan fingerprint density at radius 2 is 1.81 bits per heavy atom. The molecule has 0 radical (unpaired) electrons. The molecule has 0 atom stereocenters. The Labute approximate surface area is 151 Å². The number of aryl methyl sites for hydroxylation is 1. The standard InChI is InChI=1S/C21H21NO4/c1-14-19(15-5-3-2-4-6-15)20(24)16-7-8-18(23)17(21(16)26-14)13-22-9-11-25-12-10-22/h2-8,23H,9-13H2,1H3/p+1. The molecule has 0 saturated carbocycles. The summed E-state index contributed by atoms with van der Waals surface area (Å²) in [4.78, 5) is 14.4. The number of nitrogens with one attached hydrogen (secondary N) is 1. The van der Waals surface area contributed by atoms with Crippen molar-refractivity contribution in [3.8, 4) is 16.9 Å². The predicted molar refractivity (Wildman–Crippen MR) is 99.5 cm³/mol. The number of fused-ring (bicyclic) bond motifs is 1. The van der Waals surface area contributed by atoms with E-state index in [9.17, 15) is 9.90 Å². The first-order chi connectivity index (χ1) is 12.6. The van der Waals surface area contributed by atoms with E-state index in [0.29, 0.717) is 47.6 Å². The van der Waals surface area contributed by atoms with Gasteiger partial charge >= 0.3 is 0 Å². The van der Waals surface area contributed by atoms with Crippen molar-refractivity contribution in [2.45, 2.75) is 13.5 Å². The lowest BCUT2D eigenvalue weighted by atomic mass is 10.0. The van der Waals surface area contributed by atoms with Gasteiger partial charge in [-0.2, -0.15) is 0 Å². The van der Waals surface area contributed by atoms with Gasteiger partial charge in [0.1, 0.15) is 31.1 Å². The maximum Gasteiger partial charge on any atom is 0.200 e. The number of hydrogen-bond donors (Lipinski definition) is 2. The fraction of sp³-hybridized carbons (Fsp3) is 0.286. The molecule has 2 heterocycles. The highest BCUT2D eigenvalue weighted by Gasteiger charge is 2.22. The maximum absolute atomic E-state index is 13.1. The van der Waals surface area contributed by atoms with Crippen molar-refractivity contribution in [2.24, 2.45) is 0 Å². The second-order valence-electron chi connectivity index (χ2n) is 6.71. The summed E-state index contributed by atoms with van der Waals surface area (Å²) in [5.41, 5.74) is 2.54. The van der Waals surface area contributed by atoms with Crippen molar-refractivity contribution in [1.29, 1.82) is 0 Å². The van der Waals surface area contributed by atoms with Gasteiger partial charge in [0.05, 0.1) is 29.7 Å². The lowest BCUT2D eigenvalue weighted by molar-refractivity contribution is -0.921. The summed E-state index contributed by atoms with van der Waals surface area (Å²) in [7, 11) is 0. The fourth-order valence-corrected chi connectivity index (χ4v) is 3.61. The molecule has 1 aliphatic heterocycles. The Morgan fingerprint density at radius 1 is 1.08 bits per heavy atom. The second kappa shape index (κ2) is 6.94. The molecule has 1 aromatic heterocycles. The monoisotopic (exact) mass is 352 g/mol. The molecule has 2 aromatic carbocycles. The van der Waals surface area contributed by atoms with Gasteiger partial charge in [0.2, 0.25) is 5.43 Å². The zero-order valence-corrected chi connectivity index (χ0v) is 14.7. The van der Waals surface area contributed by atoms with Crippen LogP contribution >= 0.6 is 0 Å². The minimum absolute atomic E-state index is 0.0619. The molecule has 26 heavy (non-hydrogen) atoms. The zero-order chi connectivity index (χ0) is 18.1. The van der Waals surface area contributed by atoms with Gasteiger partial charge < -0.3 is 19.2 Å². The quantitative estimate of drug-likeness (QED) is 0.756. The van der Waals surface area contributed by atoms with Gasteiger partial charge in [-0.15, -0.1) is 0 Å². The molecule has 0 unspecified atom stereocenters. The van der Waals surface area contributed by atoms with E-state index in [0.717, 1.165) is 18.7 Å². The summed E-state index contributed by atoms with van der Waals surface area (Å²) in [5, 5.41) is 10.9. The molecule has 0 bridgehead atoms. The van der Waals surface area contributed by atoms with Crippen LogP contribution in [0.15, 0.2) is 51.7 Å². The maximum atomic E-state index is 13.1. The average Bonchev–Trinajstić information content (AvgIpc) is 2.66. The highest BCUT2D eigenvalue weighted by molar-refractivity contribution is 5.86. The van der Waals surface area contributed by atoms with E-state index >= 15 is 0 Å². The topological polar surface area (TPSA) is 64.1 Å². The third-order valence-electron chi connectivity index (χ3n) is 5.00.